The first-order valence-electron chi connectivity index (χ1n) is 6.80. The van der Waals surface area contributed by atoms with Crippen molar-refractivity contribution >= 4 is 11.3 Å². The molecule has 0 unspecified atom stereocenters. The molecule has 1 N–H and O–H groups in total. The van der Waals surface area contributed by atoms with Crippen LogP contribution in [-0.4, -0.2) is 22.5 Å². The number of nitrogens with one attached hydrogen (secondary N) is 1. The zero-order valence-electron chi connectivity index (χ0n) is 12.6. The van der Waals surface area contributed by atoms with Gasteiger partial charge in [0.15, 0.2) is 0 Å². The van der Waals surface area contributed by atoms with Crippen LogP contribution in [0, 0.1) is 0 Å². The van der Waals surface area contributed by atoms with Crippen molar-refractivity contribution in [2.75, 3.05) is 7.05 Å². The van der Waals surface area contributed by atoms with Crippen LogP contribution in [0.1, 0.15) is 37.0 Å². The third-order valence-corrected chi connectivity index (χ3v) is 3.73. The van der Waals surface area contributed by atoms with Gasteiger partial charge in [0, 0.05) is 36.1 Å². The van der Waals surface area contributed by atoms with E-state index in [0.717, 1.165) is 30.3 Å². The molecule has 20 heavy (non-hydrogen) atoms. The average molecular weight is 293 g/mol. The number of rotatable bonds is 6. The maximum atomic E-state index is 5.08. The quantitative estimate of drug-likeness (QED) is 0.887. The van der Waals surface area contributed by atoms with Crippen molar-refractivity contribution in [2.24, 2.45) is 0 Å². The van der Waals surface area contributed by atoms with Crippen LogP contribution in [0.25, 0.3) is 0 Å². The Kier molecular flexibility index (Phi) is 4.96. The first-order valence-corrected chi connectivity index (χ1v) is 7.68. The van der Waals surface area contributed by atoms with Crippen molar-refractivity contribution < 1.29 is 4.42 Å². The topological polar surface area (TPSA) is 41.3 Å². The molecule has 5 heteroatoms. The Morgan fingerprint density at radius 1 is 1.35 bits per heavy atom. The minimum absolute atomic E-state index is 0.129. The smallest absolute Gasteiger partial charge is 0.107 e. The molecule has 0 saturated carbocycles. The van der Waals surface area contributed by atoms with Gasteiger partial charge in [-0.3, -0.25) is 4.90 Å². The maximum Gasteiger partial charge on any atom is 0.107 e. The number of thiazole rings is 1. The predicted molar refractivity (Wildman–Crippen MR) is 82.6 cm³/mol. The minimum atomic E-state index is 0.129. The molecule has 0 spiro atoms. The van der Waals surface area contributed by atoms with E-state index in [2.05, 4.69) is 48.4 Å². The summed E-state index contributed by atoms with van der Waals surface area (Å²) in [6.07, 6.45) is 3.50. The Labute approximate surface area is 124 Å². The van der Waals surface area contributed by atoms with Crippen LogP contribution in [0.4, 0.5) is 0 Å². The van der Waals surface area contributed by atoms with E-state index in [1.54, 1.807) is 23.9 Å². The Morgan fingerprint density at radius 2 is 2.15 bits per heavy atom. The minimum Gasteiger partial charge on any atom is -0.472 e. The van der Waals surface area contributed by atoms with Crippen molar-refractivity contribution in [2.45, 2.75) is 45.9 Å². The monoisotopic (exact) mass is 293 g/mol. The highest BCUT2D eigenvalue weighted by Crippen LogP contribution is 2.14. The third kappa shape index (κ3) is 5.07. The molecule has 2 aromatic rings. The van der Waals surface area contributed by atoms with Crippen LogP contribution in [0.5, 0.6) is 0 Å². The van der Waals surface area contributed by atoms with E-state index >= 15 is 0 Å². The lowest BCUT2D eigenvalue weighted by Gasteiger charge is -2.19. The lowest BCUT2D eigenvalue weighted by molar-refractivity contribution is 0.314. The molecule has 0 fully saturated rings. The highest BCUT2D eigenvalue weighted by Gasteiger charge is 2.11. The zero-order chi connectivity index (χ0) is 14.6. The molecule has 0 amide bonds. The van der Waals surface area contributed by atoms with E-state index in [9.17, 15) is 0 Å². The van der Waals surface area contributed by atoms with Gasteiger partial charge >= 0.3 is 0 Å². The molecule has 0 aliphatic heterocycles. The summed E-state index contributed by atoms with van der Waals surface area (Å²) in [4.78, 5) is 6.91. The second-order valence-electron chi connectivity index (χ2n) is 6.14. The van der Waals surface area contributed by atoms with Gasteiger partial charge in [0.05, 0.1) is 18.2 Å². The molecular weight excluding hydrogens is 270 g/mol. The summed E-state index contributed by atoms with van der Waals surface area (Å²) >= 11 is 1.72. The number of hydrogen-bond acceptors (Lipinski definition) is 5. The Hall–Kier alpha value is -1.17. The van der Waals surface area contributed by atoms with Crippen molar-refractivity contribution in [1.82, 2.24) is 15.2 Å². The first kappa shape index (κ1) is 15.2. The van der Waals surface area contributed by atoms with E-state index in [-0.39, 0.29) is 5.54 Å². The molecule has 2 rings (SSSR count). The van der Waals surface area contributed by atoms with Crippen molar-refractivity contribution in [3.63, 3.8) is 0 Å². The summed E-state index contributed by atoms with van der Waals surface area (Å²) in [5.74, 6) is 0. The normalized spacial score (nSPS) is 12.2. The van der Waals surface area contributed by atoms with E-state index in [0.29, 0.717) is 0 Å². The molecule has 0 radical (unpaired) electrons. The van der Waals surface area contributed by atoms with Crippen molar-refractivity contribution in [3.05, 3.63) is 40.2 Å². The predicted octanol–water partition coefficient (Wildman–Crippen LogP) is 3.26. The van der Waals surface area contributed by atoms with Crippen LogP contribution < -0.4 is 5.32 Å². The van der Waals surface area contributed by atoms with Crippen LogP contribution in [0.15, 0.2) is 28.4 Å². The second-order valence-corrected chi connectivity index (χ2v) is 7.08. The summed E-state index contributed by atoms with van der Waals surface area (Å²) in [6.45, 7) is 9.07. The number of furan rings is 1. The van der Waals surface area contributed by atoms with E-state index in [1.165, 1.54) is 5.56 Å². The highest BCUT2D eigenvalue weighted by atomic mass is 32.1. The van der Waals surface area contributed by atoms with Gasteiger partial charge in [-0.25, -0.2) is 4.98 Å². The van der Waals surface area contributed by atoms with Crippen molar-refractivity contribution in [1.29, 1.82) is 0 Å². The summed E-state index contributed by atoms with van der Waals surface area (Å²) in [7, 11) is 2.10. The van der Waals surface area contributed by atoms with Crippen LogP contribution in [-0.2, 0) is 19.6 Å². The van der Waals surface area contributed by atoms with Crippen LogP contribution in [0.2, 0.25) is 0 Å². The molecule has 2 aromatic heterocycles. The Bertz CT molecular complexity index is 513. The zero-order valence-corrected chi connectivity index (χ0v) is 13.5. The summed E-state index contributed by atoms with van der Waals surface area (Å²) in [5, 5.41) is 6.75. The fraction of sp³-hybridized carbons (Fsp3) is 0.533. The summed E-state index contributed by atoms with van der Waals surface area (Å²) in [6, 6.07) is 2.00. The SMILES string of the molecule is CN(Cc1ccoc1)Cc1csc(CNC(C)(C)C)n1. The van der Waals surface area contributed by atoms with Gasteiger partial charge in [0.2, 0.25) is 0 Å². The molecule has 0 aliphatic rings. The van der Waals surface area contributed by atoms with Gasteiger partial charge in [0.25, 0.3) is 0 Å². The van der Waals surface area contributed by atoms with Crippen molar-refractivity contribution in [3.8, 4) is 0 Å². The second kappa shape index (κ2) is 6.52. The van der Waals surface area contributed by atoms with Crippen LogP contribution >= 0.6 is 11.3 Å². The van der Waals surface area contributed by atoms with Crippen LogP contribution in [0.3, 0.4) is 0 Å². The Balaban J connectivity index is 1.83. The van der Waals surface area contributed by atoms with Gasteiger partial charge < -0.3 is 9.73 Å². The average Bonchev–Trinajstić information content (AvgIpc) is 2.97. The summed E-state index contributed by atoms with van der Waals surface area (Å²) in [5.41, 5.74) is 2.45. The molecule has 110 valence electrons. The molecule has 0 aromatic carbocycles. The fourth-order valence-corrected chi connectivity index (χ4v) is 2.60. The van der Waals surface area contributed by atoms with E-state index < -0.39 is 0 Å². The molecular formula is C15H23N3OS. The van der Waals surface area contributed by atoms with Gasteiger partial charge in [-0.05, 0) is 33.9 Å². The van der Waals surface area contributed by atoms with Gasteiger partial charge in [-0.2, -0.15) is 0 Å². The number of nitrogens with zero attached hydrogens (tertiary/aromatic N) is 2. The number of aromatic nitrogens is 1. The van der Waals surface area contributed by atoms with Gasteiger partial charge in [-0.15, -0.1) is 11.3 Å². The third-order valence-electron chi connectivity index (χ3n) is 2.83. The molecule has 0 saturated heterocycles. The number of hydrogen-bond donors (Lipinski definition) is 1. The van der Waals surface area contributed by atoms with E-state index in [4.69, 9.17) is 4.42 Å². The molecule has 2 heterocycles. The van der Waals surface area contributed by atoms with E-state index in [1.807, 2.05) is 6.07 Å². The molecule has 0 aliphatic carbocycles. The molecule has 0 atom stereocenters. The Morgan fingerprint density at radius 3 is 2.80 bits per heavy atom. The summed E-state index contributed by atoms with van der Waals surface area (Å²) < 4.78 is 5.08. The van der Waals surface area contributed by atoms with Gasteiger partial charge in [-0.1, -0.05) is 0 Å². The lowest BCUT2D eigenvalue weighted by Crippen LogP contribution is -2.35. The molecule has 0 bridgehead atoms. The maximum absolute atomic E-state index is 5.08. The molecule has 4 nitrogen and oxygen atoms in total. The van der Waals surface area contributed by atoms with Gasteiger partial charge in [0.1, 0.15) is 5.01 Å². The first-order chi connectivity index (χ1) is 9.42. The standard InChI is InChI=1S/C15H23N3OS/c1-15(2,3)16-7-14-17-13(11-20-14)9-18(4)8-12-5-6-19-10-12/h5-6,10-11,16H,7-9H2,1-4H3. The largest absolute Gasteiger partial charge is 0.472 e. The lowest BCUT2D eigenvalue weighted by atomic mass is 10.1. The highest BCUT2D eigenvalue weighted by molar-refractivity contribution is 7.09. The fourth-order valence-electron chi connectivity index (χ4n) is 1.87.